The van der Waals surface area contributed by atoms with E-state index in [2.05, 4.69) is 21.9 Å². The topological polar surface area (TPSA) is 70.6 Å². The second kappa shape index (κ2) is 4.66. The molecule has 0 bridgehead atoms. The van der Waals surface area contributed by atoms with Gasteiger partial charge in [-0.25, -0.2) is 4.76 Å². The molecule has 6 heteroatoms. The Bertz CT molecular complexity index is 371. The average Bonchev–Trinajstić information content (AvgIpc) is 2.06. The number of benzene rings is 1. The zero-order valence-electron chi connectivity index (χ0n) is 7.71. The van der Waals surface area contributed by atoms with E-state index in [-0.39, 0.29) is 0 Å². The van der Waals surface area contributed by atoms with Crippen LogP contribution in [0.25, 0.3) is 0 Å². The van der Waals surface area contributed by atoms with Crippen molar-refractivity contribution < 1.29 is 4.89 Å². The Morgan fingerprint density at radius 2 is 2.07 bits per heavy atom. The molecule has 0 amide bonds. The molecule has 0 aromatic heterocycles. The monoisotopic (exact) mass is 229 g/mol. The first-order valence-corrected chi connectivity index (χ1v) is 6.74. The van der Waals surface area contributed by atoms with E-state index >= 15 is 0 Å². The molecule has 14 heavy (non-hydrogen) atoms. The molecule has 0 spiro atoms. The van der Waals surface area contributed by atoms with Gasteiger partial charge in [0.15, 0.2) is 0 Å². The maximum Gasteiger partial charge on any atom is 0.240 e. The smallest absolute Gasteiger partial charge is 0.240 e. The maximum atomic E-state index is 9.01. The Morgan fingerprint density at radius 3 is 2.57 bits per heavy atom. The van der Waals surface area contributed by atoms with Crippen molar-refractivity contribution in [1.29, 1.82) is 0 Å². The third kappa shape index (κ3) is 4.48. The molecular weight excluding hydrogens is 217 g/mol. The van der Waals surface area contributed by atoms with E-state index in [0.29, 0.717) is 0 Å². The van der Waals surface area contributed by atoms with Crippen molar-refractivity contribution in [3.8, 4) is 0 Å². The SMILES string of the molecule is Cc1ccc(N/C=N/P(N)(O)=S)cc1. The van der Waals surface area contributed by atoms with Gasteiger partial charge in [0.05, 0.1) is 6.34 Å². The molecule has 76 valence electrons. The van der Waals surface area contributed by atoms with E-state index in [1.54, 1.807) is 0 Å². The minimum absolute atomic E-state index is 0.878. The van der Waals surface area contributed by atoms with Crippen molar-refractivity contribution in [2.75, 3.05) is 5.32 Å². The second-order valence-corrected chi connectivity index (χ2v) is 5.87. The molecule has 0 saturated heterocycles. The highest BCUT2D eigenvalue weighted by Crippen LogP contribution is 2.30. The fourth-order valence-electron chi connectivity index (χ4n) is 0.836. The highest BCUT2D eigenvalue weighted by atomic mass is 32.4. The van der Waals surface area contributed by atoms with Gasteiger partial charge >= 0.3 is 0 Å². The molecule has 0 aliphatic rings. The Hall–Kier alpha value is -0.740. The number of nitrogens with one attached hydrogen (secondary N) is 1. The van der Waals surface area contributed by atoms with Crippen molar-refractivity contribution in [1.82, 2.24) is 0 Å². The molecule has 1 aromatic rings. The van der Waals surface area contributed by atoms with E-state index in [1.807, 2.05) is 31.2 Å². The van der Waals surface area contributed by atoms with Crippen molar-refractivity contribution in [2.24, 2.45) is 10.3 Å². The third-order valence-electron chi connectivity index (χ3n) is 1.51. The molecule has 0 saturated carbocycles. The molecule has 0 fully saturated rings. The normalized spacial score (nSPS) is 15.4. The zero-order valence-corrected chi connectivity index (χ0v) is 9.42. The number of nitrogens with two attached hydrogens (primary N) is 1. The van der Waals surface area contributed by atoms with Gasteiger partial charge < -0.3 is 10.2 Å². The Kier molecular flexibility index (Phi) is 3.77. The second-order valence-electron chi connectivity index (χ2n) is 2.84. The van der Waals surface area contributed by atoms with E-state index in [4.69, 9.17) is 10.4 Å². The van der Waals surface area contributed by atoms with Crippen molar-refractivity contribution in [3.05, 3.63) is 29.8 Å². The number of aryl methyl sites for hydroxylation is 1. The Morgan fingerprint density at radius 1 is 1.50 bits per heavy atom. The molecule has 1 rings (SSSR count). The van der Waals surface area contributed by atoms with Gasteiger partial charge in [0.2, 0.25) is 6.57 Å². The number of hydrogen-bond acceptors (Lipinski definition) is 1. The van der Waals surface area contributed by atoms with E-state index < -0.39 is 6.57 Å². The summed E-state index contributed by atoms with van der Waals surface area (Å²) in [5, 5.41) is 2.86. The van der Waals surface area contributed by atoms with Gasteiger partial charge in [0.1, 0.15) is 0 Å². The predicted octanol–water partition coefficient (Wildman–Crippen LogP) is 1.61. The number of anilines is 1. The van der Waals surface area contributed by atoms with Gasteiger partial charge in [-0.1, -0.05) is 17.7 Å². The van der Waals surface area contributed by atoms with Crippen LogP contribution in [0.15, 0.2) is 29.0 Å². The summed E-state index contributed by atoms with van der Waals surface area (Å²) in [6.45, 7) is -0.967. The number of nitrogens with zero attached hydrogens (tertiary/aromatic N) is 1. The van der Waals surface area contributed by atoms with Crippen LogP contribution in [0.2, 0.25) is 0 Å². The molecule has 1 unspecified atom stereocenters. The number of hydrogen-bond donors (Lipinski definition) is 3. The van der Waals surface area contributed by atoms with Crippen LogP contribution in [0.3, 0.4) is 0 Å². The van der Waals surface area contributed by atoms with Gasteiger partial charge in [-0.3, -0.25) is 5.50 Å². The molecule has 0 heterocycles. The summed E-state index contributed by atoms with van der Waals surface area (Å²) in [7, 11) is 0. The summed E-state index contributed by atoms with van der Waals surface area (Å²) in [6, 6.07) is 7.73. The van der Waals surface area contributed by atoms with Crippen molar-refractivity contribution in [2.45, 2.75) is 6.92 Å². The molecule has 0 aliphatic carbocycles. The standard InChI is InChI=1S/C8H12N3OPS/c1-7-2-4-8(5-3-7)10-6-11-13(9,12)14/h2-6H,1H3,(H4,9,10,11,12,14). The summed E-state index contributed by atoms with van der Waals surface area (Å²) >= 11 is 4.53. The van der Waals surface area contributed by atoms with Crippen LogP contribution in [-0.4, -0.2) is 11.2 Å². The van der Waals surface area contributed by atoms with Crippen LogP contribution < -0.4 is 10.8 Å². The highest BCUT2D eigenvalue weighted by Gasteiger charge is 1.97. The van der Waals surface area contributed by atoms with Gasteiger partial charge in [-0.05, 0) is 30.9 Å². The summed E-state index contributed by atoms with van der Waals surface area (Å²) < 4.78 is 3.60. The van der Waals surface area contributed by atoms with Crippen LogP contribution >= 0.6 is 6.57 Å². The van der Waals surface area contributed by atoms with Crippen molar-refractivity contribution >= 4 is 30.4 Å². The highest BCUT2D eigenvalue weighted by molar-refractivity contribution is 8.10. The van der Waals surface area contributed by atoms with Crippen LogP contribution in [0.5, 0.6) is 0 Å². The molecule has 4 N–H and O–H groups in total. The van der Waals surface area contributed by atoms with E-state index in [0.717, 1.165) is 5.69 Å². The molecule has 1 aromatic carbocycles. The first-order valence-electron chi connectivity index (χ1n) is 3.96. The zero-order chi connectivity index (χ0) is 10.6. The van der Waals surface area contributed by atoms with E-state index in [9.17, 15) is 0 Å². The molecule has 4 nitrogen and oxygen atoms in total. The van der Waals surface area contributed by atoms with Crippen LogP contribution in [0.1, 0.15) is 5.56 Å². The van der Waals surface area contributed by atoms with Gasteiger partial charge in [0.25, 0.3) is 0 Å². The molecule has 0 aliphatic heterocycles. The molecule has 0 radical (unpaired) electrons. The third-order valence-corrected chi connectivity index (χ3v) is 2.24. The van der Waals surface area contributed by atoms with Crippen LogP contribution in [-0.2, 0) is 11.8 Å². The van der Waals surface area contributed by atoms with Crippen LogP contribution in [0, 0.1) is 6.92 Å². The predicted molar refractivity (Wildman–Crippen MR) is 64.0 cm³/mol. The Balaban J connectivity index is 2.58. The lowest BCUT2D eigenvalue weighted by molar-refractivity contribution is 0.625. The lowest BCUT2D eigenvalue weighted by Crippen LogP contribution is -1.96. The maximum absolute atomic E-state index is 9.01. The van der Waals surface area contributed by atoms with Gasteiger partial charge in [-0.15, -0.1) is 0 Å². The first-order chi connectivity index (χ1) is 6.47. The fourth-order valence-corrected chi connectivity index (χ4v) is 1.20. The summed E-state index contributed by atoms with van der Waals surface area (Å²) in [5.74, 6) is 0. The average molecular weight is 229 g/mol. The minimum Gasteiger partial charge on any atom is -0.346 e. The fraction of sp³-hybridized carbons (Fsp3) is 0.125. The van der Waals surface area contributed by atoms with Gasteiger partial charge in [-0.2, -0.15) is 0 Å². The molecule has 1 atom stereocenters. The largest absolute Gasteiger partial charge is 0.346 e. The number of rotatable bonds is 3. The molecular formula is C8H12N3OPS. The Labute approximate surface area is 88.1 Å². The lowest BCUT2D eigenvalue weighted by atomic mass is 10.2. The summed E-state index contributed by atoms with van der Waals surface area (Å²) in [4.78, 5) is 9.01. The lowest BCUT2D eigenvalue weighted by Gasteiger charge is -2.02. The quantitative estimate of drug-likeness (QED) is 0.418. The van der Waals surface area contributed by atoms with Crippen molar-refractivity contribution in [3.63, 3.8) is 0 Å². The van der Waals surface area contributed by atoms with Crippen LogP contribution in [0.4, 0.5) is 5.69 Å². The summed E-state index contributed by atoms with van der Waals surface area (Å²) in [5.41, 5.74) is 7.22. The minimum atomic E-state index is -2.97. The van der Waals surface area contributed by atoms with Gasteiger partial charge in [0, 0.05) is 5.69 Å². The summed E-state index contributed by atoms with van der Waals surface area (Å²) in [6.07, 6.45) is 1.32. The first kappa shape index (κ1) is 11.3. The van der Waals surface area contributed by atoms with E-state index in [1.165, 1.54) is 11.9 Å².